The van der Waals surface area contributed by atoms with E-state index in [1.54, 1.807) is 0 Å². The summed E-state index contributed by atoms with van der Waals surface area (Å²) < 4.78 is 0. The maximum Gasteiger partial charge on any atom is 0.133 e. The SMILES string of the molecule is Cc1cc(C)c(CN)c(N2CCCC(C)(C)C2)n1. The molecule has 0 atom stereocenters. The van der Waals surface area contributed by atoms with E-state index < -0.39 is 0 Å². The highest BCUT2D eigenvalue weighted by atomic mass is 15.2. The number of nitrogens with zero attached hydrogens (tertiary/aromatic N) is 2. The second kappa shape index (κ2) is 4.88. The lowest BCUT2D eigenvalue weighted by Crippen LogP contribution is -2.41. The van der Waals surface area contributed by atoms with Gasteiger partial charge in [-0.15, -0.1) is 0 Å². The first kappa shape index (κ1) is 13.3. The molecule has 0 amide bonds. The predicted molar refractivity (Wildman–Crippen MR) is 76.8 cm³/mol. The fourth-order valence-electron chi connectivity index (χ4n) is 2.96. The second-order valence-corrected chi connectivity index (χ2v) is 6.28. The van der Waals surface area contributed by atoms with E-state index in [1.165, 1.54) is 24.0 Å². The topological polar surface area (TPSA) is 42.1 Å². The molecular weight excluding hydrogens is 222 g/mol. The highest BCUT2D eigenvalue weighted by molar-refractivity contribution is 5.52. The Bertz CT molecular complexity index is 438. The third kappa shape index (κ3) is 2.66. The zero-order valence-electron chi connectivity index (χ0n) is 12.1. The lowest BCUT2D eigenvalue weighted by atomic mass is 9.84. The Hall–Kier alpha value is -1.09. The van der Waals surface area contributed by atoms with Gasteiger partial charge in [-0.05, 0) is 43.7 Å². The quantitative estimate of drug-likeness (QED) is 0.874. The lowest BCUT2D eigenvalue weighted by molar-refractivity contribution is 0.291. The van der Waals surface area contributed by atoms with E-state index in [1.807, 2.05) is 0 Å². The van der Waals surface area contributed by atoms with Crippen molar-refractivity contribution >= 4 is 5.82 Å². The number of pyridine rings is 1. The van der Waals surface area contributed by atoms with Crippen LogP contribution in [-0.4, -0.2) is 18.1 Å². The van der Waals surface area contributed by atoms with Crippen LogP contribution in [0.25, 0.3) is 0 Å². The van der Waals surface area contributed by atoms with Gasteiger partial charge in [0, 0.05) is 30.9 Å². The van der Waals surface area contributed by atoms with Crippen LogP contribution in [0.5, 0.6) is 0 Å². The van der Waals surface area contributed by atoms with Crippen molar-refractivity contribution in [3.05, 3.63) is 22.9 Å². The Balaban J connectivity index is 2.37. The zero-order valence-corrected chi connectivity index (χ0v) is 12.1. The molecular formula is C15H25N3. The van der Waals surface area contributed by atoms with Crippen LogP contribution in [-0.2, 0) is 6.54 Å². The largest absolute Gasteiger partial charge is 0.356 e. The van der Waals surface area contributed by atoms with Crippen molar-refractivity contribution < 1.29 is 0 Å². The van der Waals surface area contributed by atoms with E-state index in [0.717, 1.165) is 24.6 Å². The third-order valence-corrected chi connectivity index (χ3v) is 3.86. The Morgan fingerprint density at radius 1 is 1.39 bits per heavy atom. The minimum Gasteiger partial charge on any atom is -0.356 e. The van der Waals surface area contributed by atoms with Gasteiger partial charge in [0.2, 0.25) is 0 Å². The number of anilines is 1. The normalized spacial score (nSPS) is 19.1. The molecule has 1 aliphatic heterocycles. The van der Waals surface area contributed by atoms with Crippen molar-refractivity contribution in [1.82, 2.24) is 4.98 Å². The van der Waals surface area contributed by atoms with E-state index in [-0.39, 0.29) is 0 Å². The number of rotatable bonds is 2. The number of hydrogen-bond donors (Lipinski definition) is 1. The van der Waals surface area contributed by atoms with Gasteiger partial charge in [-0.25, -0.2) is 4.98 Å². The van der Waals surface area contributed by atoms with Crippen LogP contribution in [0.4, 0.5) is 5.82 Å². The Morgan fingerprint density at radius 3 is 2.72 bits per heavy atom. The number of aryl methyl sites for hydroxylation is 2. The van der Waals surface area contributed by atoms with E-state index >= 15 is 0 Å². The maximum atomic E-state index is 5.91. The van der Waals surface area contributed by atoms with E-state index in [0.29, 0.717) is 12.0 Å². The molecule has 0 saturated carbocycles. The molecule has 3 heteroatoms. The Morgan fingerprint density at radius 2 is 2.11 bits per heavy atom. The van der Waals surface area contributed by atoms with Crippen molar-refractivity contribution in [2.24, 2.45) is 11.1 Å². The molecule has 1 aromatic rings. The van der Waals surface area contributed by atoms with Crippen LogP contribution in [0.3, 0.4) is 0 Å². The molecule has 2 heterocycles. The van der Waals surface area contributed by atoms with Gasteiger partial charge in [0.25, 0.3) is 0 Å². The van der Waals surface area contributed by atoms with Crippen LogP contribution < -0.4 is 10.6 Å². The molecule has 0 unspecified atom stereocenters. The van der Waals surface area contributed by atoms with Crippen LogP contribution in [0.2, 0.25) is 0 Å². The predicted octanol–water partition coefficient (Wildman–Crippen LogP) is 2.78. The summed E-state index contributed by atoms with van der Waals surface area (Å²) >= 11 is 0. The Labute approximate surface area is 110 Å². The summed E-state index contributed by atoms with van der Waals surface area (Å²) in [6.07, 6.45) is 2.54. The van der Waals surface area contributed by atoms with Crippen LogP contribution in [0.1, 0.15) is 43.5 Å². The first-order valence-corrected chi connectivity index (χ1v) is 6.85. The summed E-state index contributed by atoms with van der Waals surface area (Å²) in [5.74, 6) is 1.11. The molecule has 18 heavy (non-hydrogen) atoms. The van der Waals surface area contributed by atoms with Gasteiger partial charge in [0.15, 0.2) is 0 Å². The van der Waals surface area contributed by atoms with Crippen molar-refractivity contribution in [3.63, 3.8) is 0 Å². The fourth-order valence-corrected chi connectivity index (χ4v) is 2.96. The highest BCUT2D eigenvalue weighted by Gasteiger charge is 2.28. The molecule has 1 fully saturated rings. The number of piperidine rings is 1. The molecule has 1 aliphatic rings. The number of aromatic nitrogens is 1. The molecule has 1 aromatic heterocycles. The molecule has 100 valence electrons. The fraction of sp³-hybridized carbons (Fsp3) is 0.667. The maximum absolute atomic E-state index is 5.91. The smallest absolute Gasteiger partial charge is 0.133 e. The molecule has 0 spiro atoms. The van der Waals surface area contributed by atoms with Crippen molar-refractivity contribution in [2.45, 2.75) is 47.1 Å². The van der Waals surface area contributed by atoms with Crippen molar-refractivity contribution in [2.75, 3.05) is 18.0 Å². The van der Waals surface area contributed by atoms with Crippen LogP contribution >= 0.6 is 0 Å². The number of nitrogens with two attached hydrogens (primary N) is 1. The molecule has 1 saturated heterocycles. The van der Waals surface area contributed by atoms with Crippen molar-refractivity contribution in [1.29, 1.82) is 0 Å². The Kier molecular flexibility index (Phi) is 3.62. The van der Waals surface area contributed by atoms with Crippen LogP contribution in [0.15, 0.2) is 6.07 Å². The second-order valence-electron chi connectivity index (χ2n) is 6.28. The molecule has 2 N–H and O–H groups in total. The minimum absolute atomic E-state index is 0.378. The summed E-state index contributed by atoms with van der Waals surface area (Å²) in [7, 11) is 0. The standard InChI is InChI=1S/C15H25N3/c1-11-8-12(2)17-14(13(11)9-16)18-7-5-6-15(3,4)10-18/h8H,5-7,9-10,16H2,1-4H3. The van der Waals surface area contributed by atoms with Crippen LogP contribution in [0, 0.1) is 19.3 Å². The monoisotopic (exact) mass is 247 g/mol. The average Bonchev–Trinajstić information content (AvgIpc) is 2.26. The summed E-state index contributed by atoms with van der Waals surface area (Å²) in [5.41, 5.74) is 9.85. The van der Waals surface area contributed by atoms with Gasteiger partial charge in [0.05, 0.1) is 0 Å². The van der Waals surface area contributed by atoms with Gasteiger partial charge >= 0.3 is 0 Å². The van der Waals surface area contributed by atoms with Gasteiger partial charge in [-0.1, -0.05) is 13.8 Å². The van der Waals surface area contributed by atoms with E-state index in [9.17, 15) is 0 Å². The van der Waals surface area contributed by atoms with E-state index in [4.69, 9.17) is 10.7 Å². The summed E-state index contributed by atoms with van der Waals surface area (Å²) in [6, 6.07) is 2.13. The lowest BCUT2D eigenvalue weighted by Gasteiger charge is -2.39. The van der Waals surface area contributed by atoms with Gasteiger partial charge in [0.1, 0.15) is 5.82 Å². The van der Waals surface area contributed by atoms with Gasteiger partial charge in [-0.3, -0.25) is 0 Å². The first-order chi connectivity index (χ1) is 8.43. The molecule has 0 aliphatic carbocycles. The summed E-state index contributed by atoms with van der Waals surface area (Å²) in [5, 5.41) is 0. The van der Waals surface area contributed by atoms with Gasteiger partial charge < -0.3 is 10.6 Å². The molecule has 0 aromatic carbocycles. The molecule has 0 bridgehead atoms. The average molecular weight is 247 g/mol. The summed E-state index contributed by atoms with van der Waals surface area (Å²) in [4.78, 5) is 7.16. The summed E-state index contributed by atoms with van der Waals surface area (Å²) in [6.45, 7) is 11.6. The van der Waals surface area contributed by atoms with Gasteiger partial charge in [-0.2, -0.15) is 0 Å². The molecule has 3 nitrogen and oxygen atoms in total. The zero-order chi connectivity index (χ0) is 13.3. The van der Waals surface area contributed by atoms with E-state index in [2.05, 4.69) is 38.7 Å². The first-order valence-electron chi connectivity index (χ1n) is 6.85. The number of hydrogen-bond acceptors (Lipinski definition) is 3. The highest BCUT2D eigenvalue weighted by Crippen LogP contribution is 2.33. The van der Waals surface area contributed by atoms with Crippen molar-refractivity contribution in [3.8, 4) is 0 Å². The minimum atomic E-state index is 0.378. The molecule has 2 rings (SSSR count). The molecule has 0 radical (unpaired) electrons. The third-order valence-electron chi connectivity index (χ3n) is 3.86.